The highest BCUT2D eigenvalue weighted by molar-refractivity contribution is 7.98. The summed E-state index contributed by atoms with van der Waals surface area (Å²) in [5, 5.41) is 2.01. The van der Waals surface area contributed by atoms with Gasteiger partial charge in [-0.1, -0.05) is 26.7 Å². The average Bonchev–Trinajstić information content (AvgIpc) is 3.33. The number of amides is 1. The number of thiazole rings is 1. The van der Waals surface area contributed by atoms with Gasteiger partial charge in [-0.15, -0.1) is 23.1 Å². The molecule has 10 heteroatoms. The summed E-state index contributed by atoms with van der Waals surface area (Å²) >= 11 is 3.20. The van der Waals surface area contributed by atoms with Crippen LogP contribution >= 0.6 is 23.1 Å². The third-order valence-corrected chi connectivity index (χ3v) is 6.85. The first-order valence-electron chi connectivity index (χ1n) is 11.0. The molecule has 3 N–H and O–H groups in total. The van der Waals surface area contributed by atoms with Crippen LogP contribution in [-0.2, 0) is 12.3 Å². The number of carbonyl (C=O) groups is 1. The monoisotopic (exact) mass is 487 g/mol. The number of nitrogens with one attached hydrogen (secondary N) is 1. The number of aromatic amines is 1. The number of hydrogen-bond acceptors (Lipinski definition) is 7. The van der Waals surface area contributed by atoms with Gasteiger partial charge in [0.15, 0.2) is 5.69 Å². The van der Waals surface area contributed by atoms with E-state index in [9.17, 15) is 14.4 Å². The van der Waals surface area contributed by atoms with Crippen LogP contribution in [0.2, 0.25) is 0 Å². The fourth-order valence-corrected chi connectivity index (χ4v) is 4.79. The van der Waals surface area contributed by atoms with Crippen molar-refractivity contribution in [3.05, 3.63) is 67.3 Å². The third kappa shape index (κ3) is 6.14. The van der Waals surface area contributed by atoms with Gasteiger partial charge in [0.2, 0.25) is 0 Å². The maximum absolute atomic E-state index is 13.4. The summed E-state index contributed by atoms with van der Waals surface area (Å²) in [7, 11) is 0. The molecule has 1 amide bonds. The first kappa shape index (κ1) is 24.8. The molecule has 0 aliphatic rings. The third-order valence-electron chi connectivity index (χ3n) is 5.17. The topological polar surface area (TPSA) is 114 Å². The Hall–Kier alpha value is -2.85. The van der Waals surface area contributed by atoms with E-state index in [2.05, 4.69) is 9.97 Å². The molecule has 8 nitrogen and oxygen atoms in total. The predicted molar refractivity (Wildman–Crippen MR) is 135 cm³/mol. The van der Waals surface area contributed by atoms with Crippen molar-refractivity contribution < 1.29 is 4.79 Å². The second-order valence-electron chi connectivity index (χ2n) is 7.60. The highest BCUT2D eigenvalue weighted by Crippen LogP contribution is 2.25. The molecule has 0 atom stereocenters. The fourth-order valence-electron chi connectivity index (χ4n) is 3.32. The molecule has 176 valence electrons. The zero-order valence-corrected chi connectivity index (χ0v) is 20.5. The van der Waals surface area contributed by atoms with Gasteiger partial charge in [-0.3, -0.25) is 19.1 Å². The van der Waals surface area contributed by atoms with Gasteiger partial charge in [-0.25, -0.2) is 9.78 Å². The highest BCUT2D eigenvalue weighted by atomic mass is 32.2. The number of aromatic nitrogens is 3. The van der Waals surface area contributed by atoms with E-state index >= 15 is 0 Å². The van der Waals surface area contributed by atoms with Gasteiger partial charge in [-0.2, -0.15) is 0 Å². The number of carbonyl (C=O) groups excluding carboxylic acids is 1. The Balaban J connectivity index is 1.89. The van der Waals surface area contributed by atoms with Crippen LogP contribution in [0, 0.1) is 0 Å². The van der Waals surface area contributed by atoms with Crippen molar-refractivity contribution in [1.29, 1.82) is 0 Å². The van der Waals surface area contributed by atoms with E-state index < -0.39 is 11.2 Å². The molecule has 0 aliphatic carbocycles. The molecule has 0 unspecified atom stereocenters. The summed E-state index contributed by atoms with van der Waals surface area (Å²) in [5.41, 5.74) is 8.37. The Kier molecular flexibility index (Phi) is 8.90. The first-order chi connectivity index (χ1) is 16.0. The summed E-state index contributed by atoms with van der Waals surface area (Å²) in [5.74, 6) is 0.458. The van der Waals surface area contributed by atoms with E-state index in [1.165, 1.54) is 9.47 Å². The van der Waals surface area contributed by atoms with Crippen molar-refractivity contribution in [3.8, 4) is 0 Å². The fraction of sp³-hybridized carbons (Fsp3) is 0.391. The number of nitrogens with zero attached hydrogens (tertiary/aromatic N) is 3. The van der Waals surface area contributed by atoms with Crippen LogP contribution in [0.5, 0.6) is 0 Å². The van der Waals surface area contributed by atoms with Crippen LogP contribution in [0.3, 0.4) is 0 Å². The lowest BCUT2D eigenvalue weighted by atomic mass is 10.1. The summed E-state index contributed by atoms with van der Waals surface area (Å²) in [6, 6.07) is 7.28. The van der Waals surface area contributed by atoms with E-state index in [1.54, 1.807) is 40.7 Å². The number of thioether (sulfide) groups is 1. The van der Waals surface area contributed by atoms with Gasteiger partial charge in [0.25, 0.3) is 11.5 Å². The maximum Gasteiger partial charge on any atom is 0.330 e. The van der Waals surface area contributed by atoms with Gasteiger partial charge >= 0.3 is 5.69 Å². The molecule has 2 aromatic heterocycles. The van der Waals surface area contributed by atoms with Crippen LogP contribution in [0.1, 0.15) is 55.6 Å². The number of nitrogens with two attached hydrogens (primary N) is 1. The smallest absolute Gasteiger partial charge is 0.330 e. The molecule has 0 spiro atoms. The van der Waals surface area contributed by atoms with E-state index in [1.807, 2.05) is 31.4 Å². The zero-order chi connectivity index (χ0) is 23.8. The van der Waals surface area contributed by atoms with Crippen molar-refractivity contribution in [3.63, 3.8) is 0 Å². The molecule has 33 heavy (non-hydrogen) atoms. The van der Waals surface area contributed by atoms with Crippen LogP contribution in [0.25, 0.3) is 0 Å². The molecular weight excluding hydrogens is 458 g/mol. The minimum absolute atomic E-state index is 0.0251. The van der Waals surface area contributed by atoms with Crippen molar-refractivity contribution >= 4 is 40.5 Å². The molecule has 3 rings (SSSR count). The minimum Gasteiger partial charge on any atom is -0.383 e. The van der Waals surface area contributed by atoms with Crippen molar-refractivity contribution in [2.75, 3.05) is 17.2 Å². The van der Waals surface area contributed by atoms with Gasteiger partial charge < -0.3 is 10.6 Å². The Morgan fingerprint density at radius 2 is 1.91 bits per heavy atom. The lowest BCUT2D eigenvalue weighted by Gasteiger charge is -2.24. The quantitative estimate of drug-likeness (QED) is 0.393. The number of hydrogen-bond donors (Lipinski definition) is 2. The average molecular weight is 488 g/mol. The lowest BCUT2D eigenvalue weighted by Crippen LogP contribution is -2.41. The van der Waals surface area contributed by atoms with Gasteiger partial charge in [0.1, 0.15) is 5.82 Å². The molecule has 0 aliphatic heterocycles. The van der Waals surface area contributed by atoms with E-state index in [0.717, 1.165) is 35.6 Å². The van der Waals surface area contributed by atoms with Crippen LogP contribution in [0.15, 0.2) is 49.6 Å². The molecular formula is C23H29N5O3S2. The summed E-state index contributed by atoms with van der Waals surface area (Å²) < 4.78 is 1.34. The van der Waals surface area contributed by atoms with E-state index in [0.29, 0.717) is 25.1 Å². The standard InChI is InChI=1S/C23H29N5O3S2/c1-3-5-11-27(19-20(24)28(12-6-4-2)23(31)26-21(19)29)22(30)16-7-9-18(10-8-16)33-14-17-13-32-15-25-17/h7-10,13,15H,3-6,11-12,14,24H2,1-2H3,(H,26,29,31). The number of anilines is 2. The van der Waals surface area contributed by atoms with Gasteiger partial charge in [0, 0.05) is 34.7 Å². The summed E-state index contributed by atoms with van der Waals surface area (Å²) in [4.78, 5) is 47.5. The van der Waals surface area contributed by atoms with E-state index in [4.69, 9.17) is 5.73 Å². The molecule has 2 heterocycles. The van der Waals surface area contributed by atoms with Crippen LogP contribution in [0.4, 0.5) is 11.5 Å². The molecule has 0 fully saturated rings. The number of nitrogen functional groups attached to an aromatic ring is 1. The molecule has 0 bridgehead atoms. The molecule has 1 aromatic carbocycles. The molecule has 0 radical (unpaired) electrons. The largest absolute Gasteiger partial charge is 0.383 e. The summed E-state index contributed by atoms with van der Waals surface area (Å²) in [6.07, 6.45) is 3.13. The lowest BCUT2D eigenvalue weighted by molar-refractivity contribution is 0.0986. The molecule has 0 saturated heterocycles. The van der Waals surface area contributed by atoms with Crippen molar-refractivity contribution in [2.24, 2.45) is 0 Å². The second kappa shape index (κ2) is 11.9. The highest BCUT2D eigenvalue weighted by Gasteiger charge is 2.25. The summed E-state index contributed by atoms with van der Waals surface area (Å²) in [6.45, 7) is 4.72. The molecule has 3 aromatic rings. The van der Waals surface area contributed by atoms with Gasteiger partial charge in [-0.05, 0) is 37.1 Å². The number of H-pyrrole nitrogens is 1. The first-order valence-corrected chi connectivity index (χ1v) is 12.9. The van der Waals surface area contributed by atoms with Crippen LogP contribution in [-0.4, -0.2) is 27.0 Å². The SMILES string of the molecule is CCCCN(C(=O)c1ccc(SCc2cscn2)cc1)c1c(N)n(CCCC)c(=O)[nH]c1=O. The zero-order valence-electron chi connectivity index (χ0n) is 18.9. The number of unbranched alkanes of at least 4 members (excludes halogenated alkanes) is 2. The van der Waals surface area contributed by atoms with Crippen molar-refractivity contribution in [2.45, 2.75) is 56.7 Å². The number of rotatable bonds is 11. The molecule has 0 saturated carbocycles. The normalized spacial score (nSPS) is 11.0. The predicted octanol–water partition coefficient (Wildman–Crippen LogP) is 4.11. The Morgan fingerprint density at radius 3 is 2.55 bits per heavy atom. The Labute approximate surface area is 200 Å². The van der Waals surface area contributed by atoms with Crippen molar-refractivity contribution in [1.82, 2.24) is 14.5 Å². The minimum atomic E-state index is -0.648. The van der Waals surface area contributed by atoms with Crippen LogP contribution < -0.4 is 21.9 Å². The second-order valence-corrected chi connectivity index (χ2v) is 9.37. The Bertz CT molecular complexity index is 1170. The number of benzene rings is 1. The van der Waals surface area contributed by atoms with Gasteiger partial charge in [0.05, 0.1) is 11.2 Å². The maximum atomic E-state index is 13.4. The van der Waals surface area contributed by atoms with E-state index in [-0.39, 0.29) is 17.4 Å². The Morgan fingerprint density at radius 1 is 1.18 bits per heavy atom.